The molecule has 1 aromatic heterocycles. The maximum absolute atomic E-state index is 14.0. The summed E-state index contributed by atoms with van der Waals surface area (Å²) in [6.07, 6.45) is 4.06. The molecule has 1 fully saturated rings. The van der Waals surface area contributed by atoms with Crippen LogP contribution in [-0.4, -0.2) is 33.9 Å². The predicted octanol–water partition coefficient (Wildman–Crippen LogP) is 7.80. The molecule has 3 aromatic rings. The fraction of sp³-hybridized carbons (Fsp3) is 0.370. The molecule has 0 spiro atoms. The van der Waals surface area contributed by atoms with E-state index in [-0.39, 0.29) is 11.7 Å². The summed E-state index contributed by atoms with van der Waals surface area (Å²) in [4.78, 5) is 21.0. The first-order valence-electron chi connectivity index (χ1n) is 11.9. The number of hydrogen-bond donors (Lipinski definition) is 1. The number of anilines is 1. The van der Waals surface area contributed by atoms with E-state index in [1.807, 2.05) is 0 Å². The first-order chi connectivity index (χ1) is 16.8. The predicted molar refractivity (Wildman–Crippen MR) is 147 cm³/mol. The normalized spacial score (nSPS) is 14.4. The fourth-order valence-electron chi connectivity index (χ4n) is 4.21. The Morgan fingerprint density at radius 1 is 1.23 bits per heavy atom. The highest BCUT2D eigenvalue weighted by Gasteiger charge is 2.25. The topological polar surface area (TPSA) is 45.2 Å². The fourth-order valence-corrected chi connectivity index (χ4v) is 5.60. The number of hydrogen-bond acceptors (Lipinski definition) is 4. The van der Waals surface area contributed by atoms with Crippen molar-refractivity contribution in [1.29, 1.82) is 0 Å². The number of carbonyl (C=O) groups is 1. The van der Waals surface area contributed by atoms with Gasteiger partial charge in [-0.2, -0.15) is 0 Å². The van der Waals surface area contributed by atoms with E-state index >= 15 is 0 Å². The molecule has 0 radical (unpaired) electrons. The van der Waals surface area contributed by atoms with E-state index in [1.54, 1.807) is 35.7 Å². The van der Waals surface area contributed by atoms with Crippen LogP contribution in [0.25, 0.3) is 11.1 Å². The molecular formula is C27H29ClFN3OS2. The van der Waals surface area contributed by atoms with Crippen LogP contribution in [0, 0.1) is 11.7 Å². The minimum absolute atomic E-state index is 0.304. The van der Waals surface area contributed by atoms with Crippen LogP contribution < -0.4 is 5.32 Å². The second kappa shape index (κ2) is 11.6. The highest BCUT2D eigenvalue weighted by Crippen LogP contribution is 2.33. The number of carbonyl (C=O) groups excluding carboxylic acids is 1. The van der Waals surface area contributed by atoms with Crippen molar-refractivity contribution in [3.8, 4) is 11.1 Å². The summed E-state index contributed by atoms with van der Waals surface area (Å²) >= 11 is 13.2. The first kappa shape index (κ1) is 25.7. The summed E-state index contributed by atoms with van der Waals surface area (Å²) in [5.74, 6) is 0.309. The molecule has 1 N–H and O–H groups in total. The molecule has 4 rings (SSSR count). The average Bonchev–Trinajstić information content (AvgIpc) is 3.35. The minimum Gasteiger partial charge on any atom is -0.366 e. The van der Waals surface area contributed by atoms with Crippen molar-refractivity contribution in [3.63, 3.8) is 0 Å². The summed E-state index contributed by atoms with van der Waals surface area (Å²) in [5, 5.41) is 6.29. The highest BCUT2D eigenvalue weighted by molar-refractivity contribution is 7.80. The largest absolute Gasteiger partial charge is 0.366 e. The number of rotatable bonds is 7. The minimum atomic E-state index is -0.376. The van der Waals surface area contributed by atoms with Gasteiger partial charge in [0.1, 0.15) is 11.5 Å². The molecule has 8 heteroatoms. The van der Waals surface area contributed by atoms with Crippen molar-refractivity contribution in [2.24, 2.45) is 5.92 Å². The van der Waals surface area contributed by atoms with Gasteiger partial charge in [0.15, 0.2) is 0 Å². The second-order valence-corrected chi connectivity index (χ2v) is 11.1. The van der Waals surface area contributed by atoms with Crippen LogP contribution in [-0.2, 0) is 0 Å². The molecule has 0 saturated carbocycles. The molecule has 35 heavy (non-hydrogen) atoms. The number of piperidine rings is 1. The van der Waals surface area contributed by atoms with Crippen molar-refractivity contribution in [2.75, 3.05) is 18.4 Å². The van der Waals surface area contributed by atoms with Gasteiger partial charge >= 0.3 is 0 Å². The smallest absolute Gasteiger partial charge is 0.275 e. The van der Waals surface area contributed by atoms with Gasteiger partial charge in [-0.05, 0) is 67.5 Å². The van der Waals surface area contributed by atoms with E-state index in [2.05, 4.69) is 29.0 Å². The third-order valence-electron chi connectivity index (χ3n) is 6.27. The SMILES string of the molecule is CC(C)CCC(=S)N1CCC(c2nc(C(=O)Nc3ccc(F)cc3-c3ccc(Cl)cc3)cs2)CC1. The molecule has 2 aromatic carbocycles. The van der Waals surface area contributed by atoms with Gasteiger partial charge in [-0.3, -0.25) is 4.79 Å². The number of nitrogens with zero attached hydrogens (tertiary/aromatic N) is 2. The maximum atomic E-state index is 14.0. The summed E-state index contributed by atoms with van der Waals surface area (Å²) < 4.78 is 14.0. The lowest BCUT2D eigenvalue weighted by Crippen LogP contribution is -2.37. The number of halogens is 2. The monoisotopic (exact) mass is 529 g/mol. The van der Waals surface area contributed by atoms with Crippen LogP contribution in [0.3, 0.4) is 0 Å². The van der Waals surface area contributed by atoms with E-state index in [1.165, 1.54) is 23.5 Å². The summed E-state index contributed by atoms with van der Waals surface area (Å²) in [5.41, 5.74) is 2.26. The van der Waals surface area contributed by atoms with Gasteiger partial charge in [0, 0.05) is 40.7 Å². The lowest BCUT2D eigenvalue weighted by Gasteiger charge is -2.33. The van der Waals surface area contributed by atoms with Crippen molar-refractivity contribution < 1.29 is 9.18 Å². The molecular weight excluding hydrogens is 501 g/mol. The standard InChI is InChI=1S/C27H29ClFN3OS2/c1-17(2)3-10-25(34)32-13-11-19(12-14-32)27-31-24(16-35-27)26(33)30-23-9-8-21(29)15-22(23)18-4-6-20(28)7-5-18/h4-9,15-17,19H,3,10-14H2,1-2H3,(H,30,33). The molecule has 0 bridgehead atoms. The average molecular weight is 530 g/mol. The zero-order chi connectivity index (χ0) is 24.9. The van der Waals surface area contributed by atoms with E-state index in [0.717, 1.165) is 54.3 Å². The second-order valence-electron chi connectivity index (χ2n) is 9.31. The van der Waals surface area contributed by atoms with E-state index in [0.29, 0.717) is 33.8 Å². The van der Waals surface area contributed by atoms with Crippen LogP contribution in [0.2, 0.25) is 5.02 Å². The Bertz CT molecular complexity index is 1190. The zero-order valence-corrected chi connectivity index (χ0v) is 22.3. The zero-order valence-electron chi connectivity index (χ0n) is 19.9. The van der Waals surface area contributed by atoms with Crippen molar-refractivity contribution in [3.05, 3.63) is 69.4 Å². The van der Waals surface area contributed by atoms with Crippen LogP contribution in [0.1, 0.15) is 60.9 Å². The van der Waals surface area contributed by atoms with E-state index in [4.69, 9.17) is 23.8 Å². The molecule has 0 unspecified atom stereocenters. The van der Waals surface area contributed by atoms with Crippen LogP contribution in [0.4, 0.5) is 10.1 Å². The highest BCUT2D eigenvalue weighted by atomic mass is 35.5. The van der Waals surface area contributed by atoms with Gasteiger partial charge in [-0.1, -0.05) is 49.8 Å². The Balaban J connectivity index is 1.40. The summed E-state index contributed by atoms with van der Waals surface area (Å²) in [7, 11) is 0. The molecule has 2 heterocycles. The molecule has 1 aliphatic rings. The first-order valence-corrected chi connectivity index (χ1v) is 13.6. The number of aromatic nitrogens is 1. The van der Waals surface area contributed by atoms with Crippen LogP contribution >= 0.6 is 35.2 Å². The molecule has 1 amide bonds. The maximum Gasteiger partial charge on any atom is 0.275 e. The number of benzene rings is 2. The molecule has 1 saturated heterocycles. The van der Waals surface area contributed by atoms with Crippen molar-refractivity contribution >= 4 is 51.7 Å². The van der Waals surface area contributed by atoms with Gasteiger partial charge in [0.25, 0.3) is 5.91 Å². The number of thiazole rings is 1. The van der Waals surface area contributed by atoms with Gasteiger partial charge < -0.3 is 10.2 Å². The number of amides is 1. The van der Waals surface area contributed by atoms with Crippen molar-refractivity contribution in [2.45, 2.75) is 45.4 Å². The molecule has 0 atom stereocenters. The van der Waals surface area contributed by atoms with Gasteiger partial charge in [0.2, 0.25) is 0 Å². The van der Waals surface area contributed by atoms with Gasteiger partial charge in [-0.15, -0.1) is 11.3 Å². The molecule has 4 nitrogen and oxygen atoms in total. The lowest BCUT2D eigenvalue weighted by molar-refractivity contribution is 0.102. The Labute approximate surface area is 220 Å². The van der Waals surface area contributed by atoms with Crippen LogP contribution in [0.15, 0.2) is 47.8 Å². The Morgan fingerprint density at radius 3 is 2.63 bits per heavy atom. The van der Waals surface area contributed by atoms with E-state index in [9.17, 15) is 9.18 Å². The van der Waals surface area contributed by atoms with Gasteiger partial charge in [0.05, 0.1) is 10.00 Å². The Hall–Kier alpha value is -2.35. The molecule has 184 valence electrons. The third kappa shape index (κ3) is 6.66. The Kier molecular flexibility index (Phi) is 8.52. The molecule has 0 aliphatic carbocycles. The number of thiocarbonyl (C=S) groups is 1. The van der Waals surface area contributed by atoms with Gasteiger partial charge in [-0.25, -0.2) is 9.37 Å². The Morgan fingerprint density at radius 2 is 1.94 bits per heavy atom. The quantitative estimate of drug-likeness (QED) is 0.317. The summed E-state index contributed by atoms with van der Waals surface area (Å²) in [6, 6.07) is 11.4. The van der Waals surface area contributed by atoms with Crippen LogP contribution in [0.5, 0.6) is 0 Å². The van der Waals surface area contributed by atoms with Crippen molar-refractivity contribution in [1.82, 2.24) is 9.88 Å². The lowest BCUT2D eigenvalue weighted by atomic mass is 9.97. The summed E-state index contributed by atoms with van der Waals surface area (Å²) in [6.45, 7) is 6.31. The third-order valence-corrected chi connectivity index (χ3v) is 7.99. The number of nitrogens with one attached hydrogen (secondary N) is 1. The number of likely N-dealkylation sites (tertiary alicyclic amines) is 1. The molecule has 1 aliphatic heterocycles. The van der Waals surface area contributed by atoms with E-state index < -0.39 is 0 Å².